The number of hydrogen-bond donors (Lipinski definition) is 0. The first kappa shape index (κ1) is 23.0. The largest absolute Gasteiger partial charge is 0.491 e. The number of halogens is 2. The van der Waals surface area contributed by atoms with Crippen molar-refractivity contribution in [1.29, 1.82) is 0 Å². The third kappa shape index (κ3) is 6.66. The van der Waals surface area contributed by atoms with E-state index in [0.29, 0.717) is 12.5 Å². The number of ether oxygens (including phenoxy) is 2. The van der Waals surface area contributed by atoms with E-state index in [4.69, 9.17) is 9.47 Å². The average Bonchev–Trinajstić information content (AvgIpc) is 2.62. The molecular formula is C24H30Br2O2. The molecule has 1 unspecified atom stereocenters. The average molecular weight is 510 g/mol. The molecule has 2 rings (SSSR count). The van der Waals surface area contributed by atoms with E-state index in [0.717, 1.165) is 27.7 Å². The Hall–Kier alpha value is -1.26. The molecule has 0 aliphatic heterocycles. The van der Waals surface area contributed by atoms with Crippen LogP contribution in [-0.4, -0.2) is 12.7 Å². The SMILES string of the molecule is CCCc1cc(C(C)c2ccc(OC(C)C)cc2C)ccc1OCC=C(Br)Br. The van der Waals surface area contributed by atoms with Crippen molar-refractivity contribution in [3.05, 3.63) is 68.1 Å². The van der Waals surface area contributed by atoms with Crippen LogP contribution in [0.25, 0.3) is 0 Å². The van der Waals surface area contributed by atoms with Crippen LogP contribution in [0.15, 0.2) is 45.9 Å². The van der Waals surface area contributed by atoms with E-state index in [-0.39, 0.29) is 6.10 Å². The highest BCUT2D eigenvalue weighted by atomic mass is 79.9. The molecule has 2 nitrogen and oxygen atoms in total. The maximum atomic E-state index is 5.96. The van der Waals surface area contributed by atoms with Gasteiger partial charge in [0.1, 0.15) is 18.1 Å². The zero-order chi connectivity index (χ0) is 20.7. The molecule has 0 aliphatic rings. The van der Waals surface area contributed by atoms with Gasteiger partial charge in [-0.15, -0.1) is 0 Å². The molecule has 0 heterocycles. The van der Waals surface area contributed by atoms with Gasteiger partial charge in [-0.1, -0.05) is 38.5 Å². The summed E-state index contributed by atoms with van der Waals surface area (Å²) >= 11 is 6.73. The van der Waals surface area contributed by atoms with Crippen LogP contribution in [0.4, 0.5) is 0 Å². The van der Waals surface area contributed by atoms with E-state index < -0.39 is 0 Å². The van der Waals surface area contributed by atoms with E-state index >= 15 is 0 Å². The normalized spacial score (nSPS) is 12.0. The van der Waals surface area contributed by atoms with E-state index in [2.05, 4.69) is 103 Å². The molecule has 0 N–H and O–H groups in total. The molecule has 0 aromatic heterocycles. The minimum atomic E-state index is 0.187. The smallest absolute Gasteiger partial charge is 0.122 e. The summed E-state index contributed by atoms with van der Waals surface area (Å²) in [6.45, 7) is 11.3. The van der Waals surface area contributed by atoms with Gasteiger partial charge >= 0.3 is 0 Å². The van der Waals surface area contributed by atoms with E-state index in [1.807, 2.05) is 6.08 Å². The van der Waals surface area contributed by atoms with Crippen molar-refractivity contribution in [3.63, 3.8) is 0 Å². The van der Waals surface area contributed by atoms with Crippen LogP contribution >= 0.6 is 31.9 Å². The van der Waals surface area contributed by atoms with Crippen LogP contribution < -0.4 is 9.47 Å². The van der Waals surface area contributed by atoms with Gasteiger partial charge < -0.3 is 9.47 Å². The van der Waals surface area contributed by atoms with Crippen molar-refractivity contribution >= 4 is 31.9 Å². The lowest BCUT2D eigenvalue weighted by Crippen LogP contribution is -2.07. The van der Waals surface area contributed by atoms with Gasteiger partial charge in [-0.25, -0.2) is 0 Å². The van der Waals surface area contributed by atoms with Gasteiger partial charge in [0, 0.05) is 5.92 Å². The van der Waals surface area contributed by atoms with E-state index in [1.54, 1.807) is 0 Å². The topological polar surface area (TPSA) is 18.5 Å². The van der Waals surface area contributed by atoms with Crippen molar-refractivity contribution in [1.82, 2.24) is 0 Å². The van der Waals surface area contributed by atoms with Gasteiger partial charge in [0.25, 0.3) is 0 Å². The molecule has 28 heavy (non-hydrogen) atoms. The molecule has 0 saturated heterocycles. The zero-order valence-corrected chi connectivity index (χ0v) is 20.6. The first-order chi connectivity index (χ1) is 13.3. The van der Waals surface area contributed by atoms with Crippen LogP contribution in [-0.2, 0) is 6.42 Å². The van der Waals surface area contributed by atoms with Gasteiger partial charge in [0.05, 0.1) is 9.50 Å². The maximum Gasteiger partial charge on any atom is 0.122 e. The molecule has 0 radical (unpaired) electrons. The molecule has 0 fully saturated rings. The van der Waals surface area contributed by atoms with Crippen molar-refractivity contribution in [3.8, 4) is 11.5 Å². The van der Waals surface area contributed by atoms with Crippen LogP contribution in [0, 0.1) is 6.92 Å². The lowest BCUT2D eigenvalue weighted by molar-refractivity contribution is 0.242. The standard InChI is InChI=1S/C24H30Br2O2/c1-6-7-20-15-19(8-11-23(20)27-13-12-24(25)26)18(5)22-10-9-21(14-17(22)4)28-16(2)3/h8-12,14-16,18H,6-7,13H2,1-5H3. The van der Waals surface area contributed by atoms with Crippen LogP contribution in [0.1, 0.15) is 62.3 Å². The molecule has 4 heteroatoms. The second-order valence-electron chi connectivity index (χ2n) is 7.33. The summed E-state index contributed by atoms with van der Waals surface area (Å²) < 4.78 is 12.7. The Balaban J connectivity index is 2.26. The summed E-state index contributed by atoms with van der Waals surface area (Å²) in [6, 6.07) is 13.0. The fourth-order valence-electron chi connectivity index (χ4n) is 3.33. The first-order valence-electron chi connectivity index (χ1n) is 9.85. The Morgan fingerprint density at radius 1 is 1.07 bits per heavy atom. The van der Waals surface area contributed by atoms with Crippen LogP contribution in [0.3, 0.4) is 0 Å². The Bertz CT molecular complexity index is 808. The Labute approximate surface area is 186 Å². The molecule has 0 saturated carbocycles. The highest BCUT2D eigenvalue weighted by Gasteiger charge is 2.14. The molecule has 1 atom stereocenters. The van der Waals surface area contributed by atoms with Crippen LogP contribution in [0.2, 0.25) is 0 Å². The van der Waals surface area contributed by atoms with Crippen molar-refractivity contribution in [2.75, 3.05) is 6.61 Å². The third-order valence-electron chi connectivity index (χ3n) is 4.66. The number of aryl methyl sites for hydroxylation is 2. The van der Waals surface area contributed by atoms with Crippen LogP contribution in [0.5, 0.6) is 11.5 Å². The fourth-order valence-corrected chi connectivity index (χ4v) is 3.59. The summed E-state index contributed by atoms with van der Waals surface area (Å²) in [5.41, 5.74) is 5.17. The van der Waals surface area contributed by atoms with Gasteiger partial charge in [0.2, 0.25) is 0 Å². The lowest BCUT2D eigenvalue weighted by Gasteiger charge is -2.19. The second kappa shape index (κ2) is 11.1. The molecule has 0 amide bonds. The summed E-state index contributed by atoms with van der Waals surface area (Å²) in [6.07, 6.45) is 4.24. The number of rotatable bonds is 9. The molecule has 2 aromatic carbocycles. The summed E-state index contributed by atoms with van der Waals surface area (Å²) in [5.74, 6) is 2.21. The predicted molar refractivity (Wildman–Crippen MR) is 126 cm³/mol. The lowest BCUT2D eigenvalue weighted by atomic mass is 9.88. The minimum absolute atomic E-state index is 0.187. The second-order valence-corrected chi connectivity index (χ2v) is 10.1. The van der Waals surface area contributed by atoms with E-state index in [1.165, 1.54) is 22.3 Å². The summed E-state index contributed by atoms with van der Waals surface area (Å²) in [4.78, 5) is 0. The minimum Gasteiger partial charge on any atom is -0.491 e. The Kier molecular flexibility index (Phi) is 9.10. The highest BCUT2D eigenvalue weighted by Crippen LogP contribution is 2.32. The Morgan fingerprint density at radius 3 is 2.43 bits per heavy atom. The van der Waals surface area contributed by atoms with Gasteiger partial charge in [-0.05, 0) is 106 Å². The fraction of sp³-hybridized carbons (Fsp3) is 0.417. The quantitative estimate of drug-likeness (QED) is 0.342. The third-order valence-corrected chi connectivity index (χ3v) is 5.31. The summed E-state index contributed by atoms with van der Waals surface area (Å²) in [7, 11) is 0. The number of hydrogen-bond acceptors (Lipinski definition) is 2. The summed E-state index contributed by atoms with van der Waals surface area (Å²) in [5, 5.41) is 0. The first-order valence-corrected chi connectivity index (χ1v) is 11.4. The number of benzene rings is 2. The molecule has 0 aliphatic carbocycles. The zero-order valence-electron chi connectivity index (χ0n) is 17.4. The van der Waals surface area contributed by atoms with Gasteiger partial charge in [-0.3, -0.25) is 0 Å². The van der Waals surface area contributed by atoms with Gasteiger partial charge in [0.15, 0.2) is 0 Å². The molecule has 2 aromatic rings. The monoisotopic (exact) mass is 508 g/mol. The maximum absolute atomic E-state index is 5.96. The predicted octanol–water partition coefficient (Wildman–Crippen LogP) is 7.90. The molecular weight excluding hydrogens is 480 g/mol. The van der Waals surface area contributed by atoms with E-state index in [9.17, 15) is 0 Å². The van der Waals surface area contributed by atoms with Gasteiger partial charge in [-0.2, -0.15) is 0 Å². The van der Waals surface area contributed by atoms with Crippen molar-refractivity contribution < 1.29 is 9.47 Å². The Morgan fingerprint density at radius 2 is 1.82 bits per heavy atom. The highest BCUT2D eigenvalue weighted by molar-refractivity contribution is 9.28. The molecule has 0 spiro atoms. The molecule has 0 bridgehead atoms. The van der Waals surface area contributed by atoms with Crippen molar-refractivity contribution in [2.24, 2.45) is 0 Å². The molecule has 152 valence electrons. The van der Waals surface area contributed by atoms with Crippen molar-refractivity contribution in [2.45, 2.75) is 59.5 Å².